The van der Waals surface area contributed by atoms with Crippen LogP contribution >= 0.6 is 11.6 Å². The van der Waals surface area contributed by atoms with E-state index in [1.807, 2.05) is 0 Å². The maximum Gasteiger partial charge on any atom is 0.416 e. The van der Waals surface area contributed by atoms with Gasteiger partial charge in [0, 0.05) is 16.1 Å². The molecule has 3 aromatic carbocycles. The van der Waals surface area contributed by atoms with Crippen molar-refractivity contribution in [3.05, 3.63) is 111 Å². The van der Waals surface area contributed by atoms with E-state index in [1.54, 1.807) is 13.8 Å². The number of hydrogen-bond acceptors (Lipinski definition) is 4. The number of rotatable bonds is 8. The lowest BCUT2D eigenvalue weighted by Gasteiger charge is -2.27. The van der Waals surface area contributed by atoms with Crippen molar-refractivity contribution in [1.29, 1.82) is 0 Å². The molecule has 1 amide bonds. The molecule has 7 nitrogen and oxygen atoms in total. The van der Waals surface area contributed by atoms with E-state index in [-0.39, 0.29) is 23.5 Å². The van der Waals surface area contributed by atoms with Gasteiger partial charge in [0.05, 0.1) is 24.2 Å². The van der Waals surface area contributed by atoms with Crippen LogP contribution in [0.1, 0.15) is 40.9 Å². The molecule has 43 heavy (non-hydrogen) atoms. The van der Waals surface area contributed by atoms with Crippen molar-refractivity contribution >= 4 is 17.5 Å². The van der Waals surface area contributed by atoms with Gasteiger partial charge < -0.3 is 10.4 Å². The minimum atomic E-state index is -4.97. The largest absolute Gasteiger partial charge is 0.416 e. The third kappa shape index (κ3) is 7.46. The van der Waals surface area contributed by atoms with Gasteiger partial charge in [-0.3, -0.25) is 9.36 Å². The van der Waals surface area contributed by atoms with Gasteiger partial charge in [0.1, 0.15) is 0 Å². The summed E-state index contributed by atoms with van der Waals surface area (Å²) in [5.74, 6) is -0.681. The second-order valence-electron chi connectivity index (χ2n) is 10.3. The molecule has 14 heteroatoms. The summed E-state index contributed by atoms with van der Waals surface area (Å²) in [6.45, 7) is 1.87. The van der Waals surface area contributed by atoms with Gasteiger partial charge in [-0.2, -0.15) is 26.3 Å². The Kier molecular flexibility index (Phi) is 8.80. The highest BCUT2D eigenvalue weighted by molar-refractivity contribution is 6.30. The molecule has 1 aromatic heterocycles. The van der Waals surface area contributed by atoms with Crippen LogP contribution in [0.4, 0.5) is 26.3 Å². The first-order chi connectivity index (χ1) is 20.0. The van der Waals surface area contributed by atoms with Crippen LogP contribution in [0.2, 0.25) is 5.02 Å². The molecule has 2 N–H and O–H groups in total. The maximum atomic E-state index is 13.2. The van der Waals surface area contributed by atoms with E-state index < -0.39 is 47.7 Å². The van der Waals surface area contributed by atoms with E-state index in [2.05, 4.69) is 10.4 Å². The Morgan fingerprint density at radius 1 is 0.953 bits per heavy atom. The number of hydrogen-bond donors (Lipinski definition) is 2. The molecule has 0 radical (unpaired) electrons. The summed E-state index contributed by atoms with van der Waals surface area (Å²) in [5, 5.41) is 16.9. The summed E-state index contributed by atoms with van der Waals surface area (Å²) >= 11 is 5.90. The number of aliphatic hydroxyl groups is 1. The highest BCUT2D eigenvalue weighted by Crippen LogP contribution is 2.32. The van der Waals surface area contributed by atoms with Crippen molar-refractivity contribution in [2.24, 2.45) is 0 Å². The number of aromatic nitrogens is 3. The van der Waals surface area contributed by atoms with Crippen molar-refractivity contribution < 1.29 is 36.2 Å². The molecular weight excluding hydrogens is 602 g/mol. The molecule has 0 saturated heterocycles. The zero-order valence-electron chi connectivity index (χ0n) is 22.7. The first kappa shape index (κ1) is 31.8. The number of aliphatic hydroxyl groups excluding tert-OH is 1. The standard InChI is InChI=1S/C29H25ClF6N4O3/c1-27(2,20-4-3-5-21(14-20)28(31,32)33)37-25(42)19-8-6-17(7-9-19)15-40-26(43)39(16-23(41)29(34,35)36)24(38-40)18-10-12-22(30)13-11-18/h3-14,23,41H,15-16H2,1-2H3,(H,37,42). The van der Waals surface area contributed by atoms with Crippen LogP contribution in [-0.4, -0.2) is 37.6 Å². The van der Waals surface area contributed by atoms with Gasteiger partial charge in [-0.25, -0.2) is 9.48 Å². The number of nitrogens with one attached hydrogen (secondary N) is 1. The molecule has 0 aliphatic rings. The molecule has 1 atom stereocenters. The van der Waals surface area contributed by atoms with Crippen LogP contribution in [0.5, 0.6) is 0 Å². The monoisotopic (exact) mass is 626 g/mol. The quantitative estimate of drug-likeness (QED) is 0.234. The van der Waals surface area contributed by atoms with Gasteiger partial charge in [-0.1, -0.05) is 35.9 Å². The summed E-state index contributed by atoms with van der Waals surface area (Å²) in [5.41, 5.74) is -1.72. The predicted octanol–water partition coefficient (Wildman–Crippen LogP) is 6.02. The number of nitrogens with zero attached hydrogens (tertiary/aromatic N) is 3. The van der Waals surface area contributed by atoms with Gasteiger partial charge in [-0.05, 0) is 73.5 Å². The predicted molar refractivity (Wildman–Crippen MR) is 146 cm³/mol. The zero-order chi connectivity index (χ0) is 31.7. The van der Waals surface area contributed by atoms with Gasteiger partial charge >= 0.3 is 18.0 Å². The van der Waals surface area contributed by atoms with Crippen molar-refractivity contribution in [1.82, 2.24) is 19.7 Å². The van der Waals surface area contributed by atoms with Crippen molar-refractivity contribution in [3.63, 3.8) is 0 Å². The first-order valence-electron chi connectivity index (χ1n) is 12.7. The normalized spacial score (nSPS) is 13.2. The van der Waals surface area contributed by atoms with Crippen LogP contribution in [0.15, 0.2) is 77.6 Å². The summed E-state index contributed by atoms with van der Waals surface area (Å²) < 4.78 is 80.4. The molecule has 0 fully saturated rings. The molecule has 0 saturated carbocycles. The summed E-state index contributed by atoms with van der Waals surface area (Å²) in [6, 6.07) is 16.4. The van der Waals surface area contributed by atoms with Crippen LogP contribution < -0.4 is 11.0 Å². The lowest BCUT2D eigenvalue weighted by Crippen LogP contribution is -2.41. The van der Waals surface area contributed by atoms with Crippen molar-refractivity contribution in [2.45, 2.75) is 50.9 Å². The average molecular weight is 627 g/mol. The van der Waals surface area contributed by atoms with E-state index in [0.717, 1.165) is 21.4 Å². The average Bonchev–Trinajstić information content (AvgIpc) is 3.22. The molecule has 0 bridgehead atoms. The van der Waals surface area contributed by atoms with E-state index in [1.165, 1.54) is 60.7 Å². The lowest BCUT2D eigenvalue weighted by atomic mass is 9.92. The minimum Gasteiger partial charge on any atom is -0.382 e. The SMILES string of the molecule is CC(C)(NC(=O)c1ccc(Cn2nc(-c3ccc(Cl)cc3)n(CC(O)C(F)(F)F)c2=O)cc1)c1cccc(C(F)(F)F)c1. The summed E-state index contributed by atoms with van der Waals surface area (Å²) in [7, 11) is 0. The Morgan fingerprint density at radius 3 is 2.14 bits per heavy atom. The van der Waals surface area contributed by atoms with Crippen molar-refractivity contribution in [2.75, 3.05) is 0 Å². The lowest BCUT2D eigenvalue weighted by molar-refractivity contribution is -0.207. The van der Waals surface area contributed by atoms with Gasteiger partial charge in [0.2, 0.25) is 0 Å². The number of halogens is 7. The summed E-state index contributed by atoms with van der Waals surface area (Å²) in [4.78, 5) is 26.0. The molecular formula is C29H25ClF6N4O3. The number of alkyl halides is 6. The van der Waals surface area contributed by atoms with Gasteiger partial charge in [0.25, 0.3) is 5.91 Å². The Bertz CT molecular complexity index is 1660. The highest BCUT2D eigenvalue weighted by Gasteiger charge is 2.39. The molecule has 228 valence electrons. The smallest absolute Gasteiger partial charge is 0.382 e. The second kappa shape index (κ2) is 11.9. The van der Waals surface area contributed by atoms with Gasteiger partial charge in [-0.15, -0.1) is 5.10 Å². The molecule has 4 rings (SSSR count). The van der Waals surface area contributed by atoms with Crippen LogP contribution in [0.25, 0.3) is 11.4 Å². The molecule has 1 heterocycles. The number of benzene rings is 3. The topological polar surface area (TPSA) is 89.2 Å². The van der Waals surface area contributed by atoms with Crippen LogP contribution in [0.3, 0.4) is 0 Å². The van der Waals surface area contributed by atoms with E-state index in [9.17, 15) is 41.0 Å². The third-order valence-electron chi connectivity index (χ3n) is 6.64. The first-order valence-corrected chi connectivity index (χ1v) is 13.1. The Labute approximate surface area is 246 Å². The molecule has 0 aliphatic heterocycles. The van der Waals surface area contributed by atoms with E-state index in [0.29, 0.717) is 16.1 Å². The van der Waals surface area contributed by atoms with E-state index >= 15 is 0 Å². The van der Waals surface area contributed by atoms with Gasteiger partial charge in [0.15, 0.2) is 11.9 Å². The number of carbonyl (C=O) groups excluding carboxylic acids is 1. The fourth-order valence-electron chi connectivity index (χ4n) is 4.24. The van der Waals surface area contributed by atoms with Crippen LogP contribution in [0, 0.1) is 0 Å². The zero-order valence-corrected chi connectivity index (χ0v) is 23.4. The third-order valence-corrected chi connectivity index (χ3v) is 6.90. The Balaban J connectivity index is 1.55. The molecule has 1 unspecified atom stereocenters. The minimum absolute atomic E-state index is 0.113. The second-order valence-corrected chi connectivity index (χ2v) is 10.7. The molecule has 0 spiro atoms. The number of carbonyl (C=O) groups is 1. The molecule has 0 aliphatic carbocycles. The fourth-order valence-corrected chi connectivity index (χ4v) is 4.37. The van der Waals surface area contributed by atoms with E-state index in [4.69, 9.17) is 11.6 Å². The molecule has 4 aromatic rings. The Hall–Kier alpha value is -4.10. The highest BCUT2D eigenvalue weighted by atomic mass is 35.5. The fraction of sp³-hybridized carbons (Fsp3) is 0.276. The van der Waals surface area contributed by atoms with Crippen LogP contribution in [-0.2, 0) is 24.8 Å². The maximum absolute atomic E-state index is 13.2. The Morgan fingerprint density at radius 2 is 1.56 bits per heavy atom. The summed E-state index contributed by atoms with van der Waals surface area (Å²) in [6.07, 6.45) is -12.3. The van der Waals surface area contributed by atoms with Crippen molar-refractivity contribution in [3.8, 4) is 11.4 Å². The number of amides is 1.